The molecule has 0 N–H and O–H groups in total. The standard InChI is InChI=1S/C16H11BrNO3.ClHO4/c1-10-9-12-3-2-4-14(17)15(12)16(21-10)11-5-7-13(8-6-11)18(19)20;2-1(3,4)5/h2-9H,1H3;(H,2,3,4,5)/q+1;/p-1. The molecule has 0 fully saturated rings. The molecule has 1 heterocycles. The molecule has 0 atom stereocenters. The second kappa shape index (κ2) is 8.04. The van der Waals surface area contributed by atoms with Gasteiger partial charge in [0.15, 0.2) is 0 Å². The van der Waals surface area contributed by atoms with E-state index in [0.717, 1.165) is 26.6 Å². The maximum absolute atomic E-state index is 10.7. The van der Waals surface area contributed by atoms with Gasteiger partial charge in [0.25, 0.3) is 5.69 Å². The smallest absolute Gasteiger partial charge is 0.258 e. The molecule has 0 radical (unpaired) electrons. The average molecular weight is 445 g/mol. The molecule has 8 nitrogen and oxygen atoms in total. The van der Waals surface area contributed by atoms with Crippen LogP contribution >= 0.6 is 15.9 Å². The van der Waals surface area contributed by atoms with Gasteiger partial charge in [0.1, 0.15) is 5.39 Å². The molecule has 0 bridgehead atoms. The van der Waals surface area contributed by atoms with E-state index in [1.54, 1.807) is 12.1 Å². The van der Waals surface area contributed by atoms with Gasteiger partial charge in [-0.05, 0) is 34.1 Å². The molecule has 0 aliphatic heterocycles. The van der Waals surface area contributed by atoms with Gasteiger partial charge in [0.05, 0.1) is 17.4 Å². The molecule has 0 unspecified atom stereocenters. The van der Waals surface area contributed by atoms with E-state index in [1.165, 1.54) is 12.1 Å². The van der Waals surface area contributed by atoms with Crippen molar-refractivity contribution in [1.29, 1.82) is 0 Å². The van der Waals surface area contributed by atoms with Crippen molar-refractivity contribution in [3.8, 4) is 11.3 Å². The lowest BCUT2D eigenvalue weighted by Crippen LogP contribution is -2.68. The summed E-state index contributed by atoms with van der Waals surface area (Å²) in [5, 5.41) is 12.8. The van der Waals surface area contributed by atoms with Crippen LogP contribution in [0.4, 0.5) is 5.69 Å². The van der Waals surface area contributed by atoms with Gasteiger partial charge >= 0.3 is 11.5 Å². The van der Waals surface area contributed by atoms with Crippen LogP contribution in [-0.4, -0.2) is 4.92 Å². The number of non-ortho nitro benzene ring substituents is 1. The highest BCUT2D eigenvalue weighted by atomic mass is 79.9. The molecule has 0 saturated heterocycles. The lowest BCUT2D eigenvalue weighted by Gasteiger charge is -2.17. The van der Waals surface area contributed by atoms with Crippen LogP contribution in [0.5, 0.6) is 0 Å². The Labute approximate surface area is 158 Å². The number of rotatable bonds is 2. The number of halogens is 2. The van der Waals surface area contributed by atoms with Crippen LogP contribution in [0.1, 0.15) is 5.76 Å². The van der Waals surface area contributed by atoms with Crippen LogP contribution in [0.2, 0.25) is 0 Å². The van der Waals surface area contributed by atoms with E-state index in [2.05, 4.69) is 15.9 Å². The number of aryl methyl sites for hydroxylation is 1. The van der Waals surface area contributed by atoms with Crippen LogP contribution in [0.3, 0.4) is 0 Å². The fraction of sp³-hybridized carbons (Fsp3) is 0.0625. The minimum atomic E-state index is -4.94. The molecular weight excluding hydrogens is 434 g/mol. The summed E-state index contributed by atoms with van der Waals surface area (Å²) in [6.45, 7) is 1.88. The normalized spacial score (nSPS) is 11.0. The predicted octanol–water partition coefficient (Wildman–Crippen LogP) is 0.604. The van der Waals surface area contributed by atoms with Crippen LogP contribution < -0.4 is 18.6 Å². The third kappa shape index (κ3) is 5.43. The number of nitro benzene ring substituents is 1. The topological polar surface area (TPSA) is 147 Å². The van der Waals surface area contributed by atoms with Gasteiger partial charge in [0.2, 0.25) is 0 Å². The van der Waals surface area contributed by atoms with Crippen LogP contribution in [0, 0.1) is 27.3 Å². The summed E-state index contributed by atoms with van der Waals surface area (Å²) in [6.07, 6.45) is 0. The van der Waals surface area contributed by atoms with Gasteiger partial charge in [-0.2, -0.15) is 0 Å². The lowest BCUT2D eigenvalue weighted by atomic mass is 10.0. The quantitative estimate of drug-likeness (QED) is 0.319. The predicted molar refractivity (Wildman–Crippen MR) is 85.1 cm³/mol. The van der Waals surface area contributed by atoms with E-state index in [1.807, 2.05) is 31.2 Å². The molecule has 10 heteroatoms. The van der Waals surface area contributed by atoms with E-state index in [9.17, 15) is 10.1 Å². The van der Waals surface area contributed by atoms with Crippen molar-refractivity contribution >= 4 is 32.4 Å². The maximum Gasteiger partial charge on any atom is 0.369 e. The molecule has 0 saturated carbocycles. The number of fused-ring (bicyclic) bond motifs is 1. The molecule has 136 valence electrons. The second-order valence-electron chi connectivity index (χ2n) is 5.07. The fourth-order valence-electron chi connectivity index (χ4n) is 2.30. The summed E-state index contributed by atoms with van der Waals surface area (Å²) >= 11 is 3.54. The van der Waals surface area contributed by atoms with Crippen molar-refractivity contribution < 1.29 is 38.2 Å². The first kappa shape index (κ1) is 20.2. The summed E-state index contributed by atoms with van der Waals surface area (Å²) in [4.78, 5) is 10.3. The molecule has 1 aromatic heterocycles. The van der Waals surface area contributed by atoms with Crippen LogP contribution in [-0.2, 0) is 0 Å². The summed E-state index contributed by atoms with van der Waals surface area (Å²) in [5.41, 5.74) is 0.871. The van der Waals surface area contributed by atoms with Gasteiger partial charge in [-0.15, -0.1) is 10.2 Å². The Bertz CT molecular complexity index is 936. The minimum Gasteiger partial charge on any atom is -0.258 e. The molecular formula is C16H11BrClNO7. The summed E-state index contributed by atoms with van der Waals surface area (Å²) in [6, 6.07) is 14.3. The van der Waals surface area contributed by atoms with E-state index in [4.69, 9.17) is 23.1 Å². The van der Waals surface area contributed by atoms with Crippen molar-refractivity contribution in [3.05, 3.63) is 68.9 Å². The number of benzene rings is 2. The first-order chi connectivity index (χ1) is 12.1. The summed E-state index contributed by atoms with van der Waals surface area (Å²) < 4.78 is 40.8. The minimum absolute atomic E-state index is 0.0646. The van der Waals surface area contributed by atoms with Crippen molar-refractivity contribution in [1.82, 2.24) is 0 Å². The Morgan fingerprint density at radius 3 is 2.15 bits per heavy atom. The largest absolute Gasteiger partial charge is 0.369 e. The number of nitrogens with zero attached hydrogens (tertiary/aromatic N) is 1. The Balaban J connectivity index is 0.000000431. The molecule has 3 rings (SSSR count). The highest BCUT2D eigenvalue weighted by Gasteiger charge is 2.21. The average Bonchev–Trinajstić information content (AvgIpc) is 2.52. The zero-order valence-corrected chi connectivity index (χ0v) is 15.5. The molecule has 0 spiro atoms. The second-order valence-corrected chi connectivity index (χ2v) is 6.68. The Morgan fingerprint density at radius 2 is 1.62 bits per heavy atom. The third-order valence-corrected chi connectivity index (χ3v) is 3.90. The van der Waals surface area contributed by atoms with Crippen molar-refractivity contribution in [2.24, 2.45) is 0 Å². The van der Waals surface area contributed by atoms with Gasteiger partial charge < -0.3 is 0 Å². The Hall–Kier alpha value is -2.14. The lowest BCUT2D eigenvalue weighted by molar-refractivity contribution is -2.00. The van der Waals surface area contributed by atoms with Gasteiger partial charge in [-0.1, -0.05) is 12.1 Å². The molecule has 0 aliphatic rings. The van der Waals surface area contributed by atoms with E-state index < -0.39 is 15.2 Å². The SMILES string of the molecule is Cc1cc2cccc(Br)c2c(-c2ccc([N+](=O)[O-])cc2)[o+]1.[O-][Cl+3]([O-])([O-])[O-]. The first-order valence-corrected chi connectivity index (χ1v) is 8.97. The third-order valence-electron chi connectivity index (χ3n) is 3.24. The highest BCUT2D eigenvalue weighted by molar-refractivity contribution is 9.10. The zero-order valence-electron chi connectivity index (χ0n) is 13.2. The molecule has 0 amide bonds. The van der Waals surface area contributed by atoms with Gasteiger partial charge in [-0.25, -0.2) is 23.1 Å². The Kier molecular flexibility index (Phi) is 6.24. The maximum atomic E-state index is 10.7. The molecule has 3 aromatic rings. The molecule has 26 heavy (non-hydrogen) atoms. The van der Waals surface area contributed by atoms with Crippen LogP contribution in [0.25, 0.3) is 22.1 Å². The number of nitro groups is 1. The molecule has 0 aliphatic carbocycles. The van der Waals surface area contributed by atoms with Crippen LogP contribution in [0.15, 0.2) is 57.4 Å². The Morgan fingerprint density at radius 1 is 1.04 bits per heavy atom. The summed E-state index contributed by atoms with van der Waals surface area (Å²) in [5.74, 6) is 1.49. The molecule has 2 aromatic carbocycles. The first-order valence-electron chi connectivity index (χ1n) is 6.95. The van der Waals surface area contributed by atoms with E-state index in [0.29, 0.717) is 5.76 Å². The van der Waals surface area contributed by atoms with Crippen molar-refractivity contribution in [3.63, 3.8) is 0 Å². The van der Waals surface area contributed by atoms with Gasteiger partial charge in [-0.3, -0.25) is 10.1 Å². The van der Waals surface area contributed by atoms with E-state index >= 15 is 0 Å². The van der Waals surface area contributed by atoms with Gasteiger partial charge in [0, 0.05) is 28.1 Å². The number of hydrogen-bond donors (Lipinski definition) is 0. The highest BCUT2D eigenvalue weighted by Crippen LogP contribution is 2.35. The zero-order chi connectivity index (χ0) is 19.5. The monoisotopic (exact) mass is 443 g/mol. The number of hydrogen-bond acceptors (Lipinski definition) is 6. The fourth-order valence-corrected chi connectivity index (χ4v) is 2.86. The van der Waals surface area contributed by atoms with E-state index in [-0.39, 0.29) is 5.69 Å². The van der Waals surface area contributed by atoms with Crippen molar-refractivity contribution in [2.45, 2.75) is 6.92 Å². The van der Waals surface area contributed by atoms with Crippen molar-refractivity contribution in [2.75, 3.05) is 0 Å². The summed E-state index contributed by atoms with van der Waals surface area (Å²) in [7, 11) is -4.94.